The third-order valence-corrected chi connectivity index (χ3v) is 5.33. The van der Waals surface area contributed by atoms with E-state index in [-0.39, 0.29) is 19.0 Å². The van der Waals surface area contributed by atoms with E-state index in [2.05, 4.69) is 41.8 Å². The molecule has 0 amide bonds. The number of aliphatic hydroxyl groups excluding tert-OH is 1. The van der Waals surface area contributed by atoms with Gasteiger partial charge in [-0.25, -0.2) is 0 Å². The summed E-state index contributed by atoms with van der Waals surface area (Å²) in [5.74, 6) is 0. The van der Waals surface area contributed by atoms with E-state index < -0.39 is 5.54 Å². The van der Waals surface area contributed by atoms with Crippen LogP contribution in [0.15, 0.2) is 41.8 Å². The van der Waals surface area contributed by atoms with Crippen LogP contribution < -0.4 is 5.73 Å². The molecule has 3 N–H and O–H groups in total. The summed E-state index contributed by atoms with van der Waals surface area (Å²) < 4.78 is 0. The zero-order chi connectivity index (χ0) is 16.5. The highest BCUT2D eigenvalue weighted by atomic mass is 35.5. The van der Waals surface area contributed by atoms with Gasteiger partial charge >= 0.3 is 0 Å². The van der Waals surface area contributed by atoms with E-state index in [0.717, 1.165) is 12.8 Å². The van der Waals surface area contributed by atoms with Crippen LogP contribution in [-0.4, -0.2) is 17.3 Å². The minimum atomic E-state index is -0.457. The van der Waals surface area contributed by atoms with Crippen LogP contribution >= 0.6 is 23.7 Å². The molecule has 134 valence electrons. The van der Waals surface area contributed by atoms with E-state index >= 15 is 0 Å². The highest BCUT2D eigenvalue weighted by molar-refractivity contribution is 7.10. The lowest BCUT2D eigenvalue weighted by Crippen LogP contribution is -2.40. The average Bonchev–Trinajstić information content (AvgIpc) is 3.02. The molecule has 1 unspecified atom stereocenters. The Bertz CT molecular complexity index is 568. The van der Waals surface area contributed by atoms with Gasteiger partial charge in [0.1, 0.15) is 0 Å². The van der Waals surface area contributed by atoms with Crippen molar-refractivity contribution in [2.75, 3.05) is 6.61 Å². The summed E-state index contributed by atoms with van der Waals surface area (Å²) in [5.41, 5.74) is 8.42. The van der Waals surface area contributed by atoms with Gasteiger partial charge in [0, 0.05) is 10.4 Å². The highest BCUT2D eigenvalue weighted by Crippen LogP contribution is 2.21. The highest BCUT2D eigenvalue weighted by Gasteiger charge is 2.16. The van der Waals surface area contributed by atoms with Gasteiger partial charge in [0.25, 0.3) is 0 Å². The van der Waals surface area contributed by atoms with Crippen molar-refractivity contribution in [1.82, 2.24) is 0 Å². The largest absolute Gasteiger partial charge is 0.394 e. The number of unbranched alkanes of at least 4 members (excludes halogenated alkanes) is 2. The number of nitrogens with two attached hydrogens (primary N) is 1. The molecule has 2 aromatic rings. The Hall–Kier alpha value is -0.870. The molecule has 0 bridgehead atoms. The summed E-state index contributed by atoms with van der Waals surface area (Å²) in [6, 6.07) is 13.0. The first-order valence-electron chi connectivity index (χ1n) is 8.59. The molecule has 24 heavy (non-hydrogen) atoms. The minimum absolute atomic E-state index is 0. The molecule has 1 aromatic carbocycles. The fourth-order valence-corrected chi connectivity index (χ4v) is 3.58. The van der Waals surface area contributed by atoms with Crippen LogP contribution in [0.5, 0.6) is 0 Å². The van der Waals surface area contributed by atoms with Crippen LogP contribution in [0, 0.1) is 0 Å². The van der Waals surface area contributed by atoms with Crippen LogP contribution in [0.25, 0.3) is 0 Å². The van der Waals surface area contributed by atoms with Gasteiger partial charge in [-0.2, -0.15) is 0 Å². The van der Waals surface area contributed by atoms with E-state index in [9.17, 15) is 5.11 Å². The first-order valence-corrected chi connectivity index (χ1v) is 9.47. The maximum Gasteiger partial charge on any atom is 0.0608 e. The van der Waals surface area contributed by atoms with Gasteiger partial charge in [-0.15, -0.1) is 23.7 Å². The Morgan fingerprint density at radius 3 is 2.33 bits per heavy atom. The summed E-state index contributed by atoms with van der Waals surface area (Å²) in [6.45, 7) is 1.96. The number of hydrogen-bond acceptors (Lipinski definition) is 3. The first-order chi connectivity index (χ1) is 11.1. The first kappa shape index (κ1) is 21.2. The van der Waals surface area contributed by atoms with E-state index in [0.29, 0.717) is 0 Å². The van der Waals surface area contributed by atoms with Gasteiger partial charge in [-0.05, 0) is 68.0 Å². The van der Waals surface area contributed by atoms with Crippen LogP contribution in [0.1, 0.15) is 48.6 Å². The van der Waals surface area contributed by atoms with Crippen LogP contribution in [0.3, 0.4) is 0 Å². The number of benzene rings is 1. The second-order valence-corrected chi connectivity index (χ2v) is 7.78. The third kappa shape index (κ3) is 7.80. The van der Waals surface area contributed by atoms with Gasteiger partial charge in [-0.1, -0.05) is 36.8 Å². The van der Waals surface area contributed by atoms with Crippen molar-refractivity contribution >= 4 is 23.7 Å². The topological polar surface area (TPSA) is 46.2 Å². The molecule has 0 radical (unpaired) electrons. The molecule has 0 saturated heterocycles. The van der Waals surface area contributed by atoms with Crippen molar-refractivity contribution in [2.45, 2.75) is 57.4 Å². The van der Waals surface area contributed by atoms with Crippen LogP contribution in [0.4, 0.5) is 0 Å². The van der Waals surface area contributed by atoms with E-state index in [4.69, 9.17) is 5.73 Å². The van der Waals surface area contributed by atoms with Crippen molar-refractivity contribution in [3.05, 3.63) is 57.8 Å². The zero-order valence-corrected chi connectivity index (χ0v) is 16.2. The molecular formula is C20H30ClNOS. The van der Waals surface area contributed by atoms with Crippen molar-refractivity contribution < 1.29 is 5.11 Å². The number of aliphatic hydroxyl groups is 1. The lowest BCUT2D eigenvalue weighted by Gasteiger charge is -2.20. The van der Waals surface area contributed by atoms with Crippen molar-refractivity contribution in [1.29, 1.82) is 0 Å². The average molecular weight is 368 g/mol. The fraction of sp³-hybridized carbons (Fsp3) is 0.500. The maximum atomic E-state index is 9.20. The summed E-state index contributed by atoms with van der Waals surface area (Å²) in [7, 11) is 0. The molecule has 0 aliphatic heterocycles. The Morgan fingerprint density at radius 2 is 1.67 bits per heavy atom. The van der Waals surface area contributed by atoms with E-state index in [1.165, 1.54) is 48.1 Å². The predicted molar refractivity (Wildman–Crippen MR) is 107 cm³/mol. The Kier molecular flexibility index (Phi) is 9.60. The molecule has 4 heteroatoms. The number of aryl methyl sites for hydroxylation is 3. The zero-order valence-electron chi connectivity index (χ0n) is 14.5. The molecule has 1 aromatic heterocycles. The molecule has 2 nitrogen and oxygen atoms in total. The van der Waals surface area contributed by atoms with Gasteiger partial charge in [-0.3, -0.25) is 0 Å². The number of halogens is 1. The summed E-state index contributed by atoms with van der Waals surface area (Å²) in [4.78, 5) is 1.38. The van der Waals surface area contributed by atoms with E-state index in [1.54, 1.807) is 0 Å². The third-order valence-electron chi connectivity index (χ3n) is 4.29. The molecule has 0 saturated carbocycles. The van der Waals surface area contributed by atoms with Gasteiger partial charge in [0.05, 0.1) is 6.61 Å². The van der Waals surface area contributed by atoms with Crippen molar-refractivity contribution in [3.8, 4) is 0 Å². The second kappa shape index (κ2) is 10.9. The molecule has 2 rings (SSSR count). The summed E-state index contributed by atoms with van der Waals surface area (Å²) in [6.07, 6.45) is 7.96. The predicted octanol–water partition coefficient (Wildman–Crippen LogP) is 4.77. The second-order valence-electron chi connectivity index (χ2n) is 6.78. The molecule has 1 atom stereocenters. The monoisotopic (exact) mass is 367 g/mol. The quantitative estimate of drug-likeness (QED) is 0.594. The smallest absolute Gasteiger partial charge is 0.0608 e. The number of hydrogen-bond donors (Lipinski definition) is 2. The molecule has 0 spiro atoms. The standard InChI is InChI=1S/C20H29NOS.ClH/c1-20(21,16-22)13-12-19-14-18(15-23-19)11-7-3-6-10-17-8-4-2-5-9-17;/h2,4-5,8-9,14-15,22H,3,6-7,10-13,16,21H2,1H3;1H. The summed E-state index contributed by atoms with van der Waals surface area (Å²) >= 11 is 1.82. The normalized spacial score (nSPS) is 13.3. The van der Waals surface area contributed by atoms with E-state index in [1.807, 2.05) is 18.3 Å². The van der Waals surface area contributed by atoms with Crippen molar-refractivity contribution in [2.24, 2.45) is 5.73 Å². The molecule has 0 aliphatic rings. The fourth-order valence-electron chi connectivity index (χ4n) is 2.66. The van der Waals surface area contributed by atoms with Gasteiger partial charge in [0.15, 0.2) is 0 Å². The minimum Gasteiger partial charge on any atom is -0.394 e. The number of thiophene rings is 1. The van der Waals surface area contributed by atoms with Crippen LogP contribution in [0.2, 0.25) is 0 Å². The van der Waals surface area contributed by atoms with Crippen LogP contribution in [-0.2, 0) is 19.3 Å². The maximum absolute atomic E-state index is 9.20. The van der Waals surface area contributed by atoms with Gasteiger partial charge in [0.2, 0.25) is 0 Å². The lowest BCUT2D eigenvalue weighted by molar-refractivity contribution is 0.201. The Morgan fingerprint density at radius 1 is 1.00 bits per heavy atom. The molecule has 1 heterocycles. The number of rotatable bonds is 10. The summed E-state index contributed by atoms with van der Waals surface area (Å²) in [5, 5.41) is 11.5. The van der Waals surface area contributed by atoms with Gasteiger partial charge < -0.3 is 10.8 Å². The molecule has 0 aliphatic carbocycles. The lowest BCUT2D eigenvalue weighted by atomic mass is 9.97. The Balaban J connectivity index is 0.00000288. The Labute approximate surface area is 156 Å². The molecular weight excluding hydrogens is 338 g/mol. The van der Waals surface area contributed by atoms with Crippen molar-refractivity contribution in [3.63, 3.8) is 0 Å². The SMILES string of the molecule is CC(N)(CO)CCc1cc(CCCCCc2ccccc2)cs1.Cl. The molecule has 0 fully saturated rings.